The molecule has 0 aliphatic carbocycles. The summed E-state index contributed by atoms with van der Waals surface area (Å²) >= 11 is 6.21. The van der Waals surface area contributed by atoms with Gasteiger partial charge in [-0.3, -0.25) is 0 Å². The van der Waals surface area contributed by atoms with E-state index in [1.807, 2.05) is 60.7 Å². The molecular formula is C18H16ClNO. The van der Waals surface area contributed by atoms with Crippen LogP contribution >= 0.6 is 11.6 Å². The van der Waals surface area contributed by atoms with Crippen LogP contribution in [0.4, 0.5) is 5.69 Å². The van der Waals surface area contributed by atoms with Gasteiger partial charge in [-0.1, -0.05) is 48.0 Å². The van der Waals surface area contributed by atoms with Crippen molar-refractivity contribution in [3.05, 3.63) is 71.2 Å². The van der Waals surface area contributed by atoms with E-state index in [0.717, 1.165) is 33.7 Å². The van der Waals surface area contributed by atoms with Crippen molar-refractivity contribution in [3.63, 3.8) is 0 Å². The number of rotatable bonds is 4. The number of halogens is 1. The molecule has 3 rings (SSSR count). The average molecular weight is 298 g/mol. The first-order valence-corrected chi connectivity index (χ1v) is 7.26. The molecule has 106 valence electrons. The summed E-state index contributed by atoms with van der Waals surface area (Å²) in [7, 11) is 0. The van der Waals surface area contributed by atoms with Crippen molar-refractivity contribution >= 4 is 28.1 Å². The minimum absolute atomic E-state index is 0.621. The lowest BCUT2D eigenvalue weighted by Crippen LogP contribution is -2.02. The number of nitrogens with two attached hydrogens (primary N) is 1. The van der Waals surface area contributed by atoms with Crippen LogP contribution in [0.1, 0.15) is 5.56 Å². The first-order chi connectivity index (χ1) is 10.2. The maximum Gasteiger partial charge on any atom is 0.127 e. The summed E-state index contributed by atoms with van der Waals surface area (Å²) in [6.45, 7) is 0.621. The zero-order valence-corrected chi connectivity index (χ0v) is 12.3. The molecule has 0 saturated carbocycles. The van der Waals surface area contributed by atoms with E-state index >= 15 is 0 Å². The summed E-state index contributed by atoms with van der Waals surface area (Å²) in [6.07, 6.45) is 0.844. The minimum Gasteiger partial charge on any atom is -0.493 e. The third kappa shape index (κ3) is 3.11. The molecule has 0 aliphatic heterocycles. The third-order valence-corrected chi connectivity index (χ3v) is 3.79. The van der Waals surface area contributed by atoms with Crippen LogP contribution < -0.4 is 10.5 Å². The van der Waals surface area contributed by atoms with Crippen molar-refractivity contribution in [1.29, 1.82) is 0 Å². The Hall–Kier alpha value is -2.19. The number of ether oxygens (including phenoxy) is 1. The standard InChI is InChI=1S/C18H16ClNO/c19-17-9-10-18(16-4-2-1-3-15(16)17)21-12-11-13-5-7-14(20)8-6-13/h1-10H,11-12,20H2. The second-order valence-corrected chi connectivity index (χ2v) is 5.34. The van der Waals surface area contributed by atoms with Crippen LogP contribution in [-0.2, 0) is 6.42 Å². The molecule has 0 spiro atoms. The predicted octanol–water partition coefficient (Wildman–Crippen LogP) is 4.70. The highest BCUT2D eigenvalue weighted by molar-refractivity contribution is 6.35. The molecule has 0 bridgehead atoms. The summed E-state index contributed by atoms with van der Waals surface area (Å²) in [5, 5.41) is 2.81. The Balaban J connectivity index is 1.74. The molecule has 0 aliphatic rings. The fourth-order valence-corrected chi connectivity index (χ4v) is 2.55. The summed E-state index contributed by atoms with van der Waals surface area (Å²) in [5.41, 5.74) is 7.67. The number of anilines is 1. The van der Waals surface area contributed by atoms with E-state index in [2.05, 4.69) is 0 Å². The Bertz CT molecular complexity index is 753. The molecule has 0 fully saturated rings. The molecule has 2 N–H and O–H groups in total. The van der Waals surface area contributed by atoms with E-state index in [-0.39, 0.29) is 0 Å². The number of nitrogen functional groups attached to an aromatic ring is 1. The fourth-order valence-electron chi connectivity index (χ4n) is 2.32. The normalized spacial score (nSPS) is 10.7. The Morgan fingerprint density at radius 3 is 2.33 bits per heavy atom. The van der Waals surface area contributed by atoms with Gasteiger partial charge in [0.25, 0.3) is 0 Å². The molecule has 0 saturated heterocycles. The van der Waals surface area contributed by atoms with E-state index in [9.17, 15) is 0 Å². The Kier molecular flexibility index (Phi) is 3.98. The van der Waals surface area contributed by atoms with Crippen molar-refractivity contribution in [2.45, 2.75) is 6.42 Å². The van der Waals surface area contributed by atoms with E-state index in [4.69, 9.17) is 22.1 Å². The van der Waals surface area contributed by atoms with Gasteiger partial charge in [0.1, 0.15) is 5.75 Å². The largest absolute Gasteiger partial charge is 0.493 e. The Morgan fingerprint density at radius 2 is 1.57 bits per heavy atom. The number of benzene rings is 3. The van der Waals surface area contributed by atoms with E-state index in [1.165, 1.54) is 5.56 Å². The first kappa shape index (κ1) is 13.8. The molecule has 0 amide bonds. The van der Waals surface area contributed by atoms with Gasteiger partial charge >= 0.3 is 0 Å². The molecule has 21 heavy (non-hydrogen) atoms. The lowest BCUT2D eigenvalue weighted by molar-refractivity contribution is 0.326. The van der Waals surface area contributed by atoms with Crippen LogP contribution in [0.15, 0.2) is 60.7 Å². The maximum atomic E-state index is 6.21. The monoisotopic (exact) mass is 297 g/mol. The molecule has 0 unspecified atom stereocenters. The van der Waals surface area contributed by atoms with E-state index < -0.39 is 0 Å². The predicted molar refractivity (Wildman–Crippen MR) is 89.0 cm³/mol. The topological polar surface area (TPSA) is 35.2 Å². The molecule has 2 nitrogen and oxygen atoms in total. The lowest BCUT2D eigenvalue weighted by atomic mass is 10.1. The Labute approximate surface area is 129 Å². The summed E-state index contributed by atoms with van der Waals surface area (Å²) < 4.78 is 5.92. The van der Waals surface area contributed by atoms with Crippen LogP contribution in [0.25, 0.3) is 10.8 Å². The van der Waals surface area contributed by atoms with Crippen LogP contribution in [0, 0.1) is 0 Å². The number of hydrogen-bond donors (Lipinski definition) is 1. The fraction of sp³-hybridized carbons (Fsp3) is 0.111. The van der Waals surface area contributed by atoms with Crippen LogP contribution in [0.3, 0.4) is 0 Å². The van der Waals surface area contributed by atoms with Gasteiger partial charge in [0.15, 0.2) is 0 Å². The molecule has 3 aromatic rings. The lowest BCUT2D eigenvalue weighted by Gasteiger charge is -2.10. The molecule has 3 aromatic carbocycles. The highest BCUT2D eigenvalue weighted by Crippen LogP contribution is 2.31. The number of fused-ring (bicyclic) bond motifs is 1. The van der Waals surface area contributed by atoms with Crippen molar-refractivity contribution in [3.8, 4) is 5.75 Å². The van der Waals surface area contributed by atoms with Gasteiger partial charge in [-0.15, -0.1) is 0 Å². The minimum atomic E-state index is 0.621. The zero-order chi connectivity index (χ0) is 14.7. The molecule has 3 heteroatoms. The molecule has 0 atom stereocenters. The third-order valence-electron chi connectivity index (χ3n) is 3.46. The maximum absolute atomic E-state index is 6.21. The quantitative estimate of drug-likeness (QED) is 0.709. The first-order valence-electron chi connectivity index (χ1n) is 6.88. The SMILES string of the molecule is Nc1ccc(CCOc2ccc(Cl)c3ccccc23)cc1. The second kappa shape index (κ2) is 6.06. The van der Waals surface area contributed by atoms with Gasteiger partial charge in [0.05, 0.1) is 6.61 Å². The smallest absolute Gasteiger partial charge is 0.127 e. The summed E-state index contributed by atoms with van der Waals surface area (Å²) in [5.74, 6) is 0.866. The zero-order valence-electron chi connectivity index (χ0n) is 11.6. The second-order valence-electron chi connectivity index (χ2n) is 4.93. The molecule has 0 heterocycles. The van der Waals surface area contributed by atoms with Crippen molar-refractivity contribution < 1.29 is 4.74 Å². The van der Waals surface area contributed by atoms with E-state index in [0.29, 0.717) is 6.61 Å². The van der Waals surface area contributed by atoms with Crippen molar-refractivity contribution in [1.82, 2.24) is 0 Å². The van der Waals surface area contributed by atoms with Gasteiger partial charge in [0.2, 0.25) is 0 Å². The van der Waals surface area contributed by atoms with Crippen LogP contribution in [-0.4, -0.2) is 6.61 Å². The van der Waals surface area contributed by atoms with Crippen LogP contribution in [0.5, 0.6) is 5.75 Å². The molecule has 0 aromatic heterocycles. The van der Waals surface area contributed by atoms with E-state index in [1.54, 1.807) is 0 Å². The Morgan fingerprint density at radius 1 is 0.857 bits per heavy atom. The highest BCUT2D eigenvalue weighted by Gasteiger charge is 2.05. The van der Waals surface area contributed by atoms with Crippen molar-refractivity contribution in [2.24, 2.45) is 0 Å². The van der Waals surface area contributed by atoms with Gasteiger partial charge in [-0.2, -0.15) is 0 Å². The van der Waals surface area contributed by atoms with Gasteiger partial charge < -0.3 is 10.5 Å². The van der Waals surface area contributed by atoms with Gasteiger partial charge in [0, 0.05) is 27.9 Å². The highest BCUT2D eigenvalue weighted by atomic mass is 35.5. The van der Waals surface area contributed by atoms with Crippen LogP contribution in [0.2, 0.25) is 5.02 Å². The summed E-state index contributed by atoms with van der Waals surface area (Å²) in [4.78, 5) is 0. The summed E-state index contributed by atoms with van der Waals surface area (Å²) in [6, 6.07) is 19.7. The molecular weight excluding hydrogens is 282 g/mol. The van der Waals surface area contributed by atoms with Gasteiger partial charge in [-0.05, 0) is 29.8 Å². The average Bonchev–Trinajstić information content (AvgIpc) is 2.52. The number of hydrogen-bond acceptors (Lipinski definition) is 2. The van der Waals surface area contributed by atoms with Crippen molar-refractivity contribution in [2.75, 3.05) is 12.3 Å². The van der Waals surface area contributed by atoms with Gasteiger partial charge in [-0.25, -0.2) is 0 Å². The molecule has 0 radical (unpaired) electrons.